The first-order valence-electron chi connectivity index (χ1n) is 8.47. The Labute approximate surface area is 157 Å². The molecule has 0 bridgehead atoms. The average Bonchev–Trinajstić information content (AvgIpc) is 3.05. The number of hydrogen-bond donors (Lipinski definition) is 1. The Hall–Kier alpha value is -2.72. The van der Waals surface area contributed by atoms with E-state index in [1.165, 1.54) is 0 Å². The van der Waals surface area contributed by atoms with Crippen molar-refractivity contribution in [3.05, 3.63) is 77.4 Å². The maximum atomic E-state index is 10.9. The number of aryl methyl sites for hydroxylation is 1. The van der Waals surface area contributed by atoms with Crippen molar-refractivity contribution < 1.29 is 14.6 Å². The van der Waals surface area contributed by atoms with Gasteiger partial charge in [-0.3, -0.25) is 4.79 Å². The summed E-state index contributed by atoms with van der Waals surface area (Å²) in [4.78, 5) is 10.9. The topological polar surface area (TPSA) is 51.5 Å². The Morgan fingerprint density at radius 2 is 1.73 bits per heavy atom. The minimum atomic E-state index is -0.795. The first kappa shape index (κ1) is 18.1. The highest BCUT2D eigenvalue weighted by Crippen LogP contribution is 2.24. The SMILES string of the molecule is O=C(O)CCc1ccc(-c2ccccc2)n1CCOc1ccc(Cl)cc1. The monoisotopic (exact) mass is 369 g/mol. The van der Waals surface area contributed by atoms with Crippen molar-refractivity contribution in [1.82, 2.24) is 4.57 Å². The van der Waals surface area contributed by atoms with Crippen molar-refractivity contribution in [2.75, 3.05) is 6.61 Å². The summed E-state index contributed by atoms with van der Waals surface area (Å²) >= 11 is 5.89. The number of rotatable bonds is 8. The van der Waals surface area contributed by atoms with Gasteiger partial charge in [-0.15, -0.1) is 0 Å². The fourth-order valence-electron chi connectivity index (χ4n) is 2.87. The highest BCUT2D eigenvalue weighted by Gasteiger charge is 2.11. The van der Waals surface area contributed by atoms with E-state index in [0.717, 1.165) is 22.7 Å². The summed E-state index contributed by atoms with van der Waals surface area (Å²) < 4.78 is 7.94. The van der Waals surface area contributed by atoms with Crippen LogP contribution in [0.2, 0.25) is 5.02 Å². The number of carbonyl (C=O) groups is 1. The molecule has 1 N–H and O–H groups in total. The van der Waals surface area contributed by atoms with Gasteiger partial charge in [-0.2, -0.15) is 0 Å². The van der Waals surface area contributed by atoms with E-state index in [-0.39, 0.29) is 6.42 Å². The first-order valence-corrected chi connectivity index (χ1v) is 8.85. The van der Waals surface area contributed by atoms with Gasteiger partial charge in [0, 0.05) is 16.4 Å². The first-order chi connectivity index (χ1) is 12.6. The van der Waals surface area contributed by atoms with Crippen LogP contribution in [0.25, 0.3) is 11.3 Å². The molecule has 3 aromatic rings. The molecule has 1 aromatic heterocycles. The minimum Gasteiger partial charge on any atom is -0.492 e. The second-order valence-corrected chi connectivity index (χ2v) is 6.36. The van der Waals surface area contributed by atoms with E-state index < -0.39 is 5.97 Å². The molecular weight excluding hydrogens is 350 g/mol. The summed E-state index contributed by atoms with van der Waals surface area (Å²) in [6.07, 6.45) is 0.597. The molecule has 26 heavy (non-hydrogen) atoms. The molecule has 0 aliphatic carbocycles. The Morgan fingerprint density at radius 3 is 2.42 bits per heavy atom. The molecule has 134 valence electrons. The molecular formula is C21H20ClNO3. The van der Waals surface area contributed by atoms with E-state index >= 15 is 0 Å². The fourth-order valence-corrected chi connectivity index (χ4v) is 3.00. The molecule has 0 fully saturated rings. The lowest BCUT2D eigenvalue weighted by atomic mass is 10.1. The molecule has 4 nitrogen and oxygen atoms in total. The number of carboxylic acid groups (broad SMARTS) is 1. The van der Waals surface area contributed by atoms with Crippen LogP contribution in [0.5, 0.6) is 5.75 Å². The Morgan fingerprint density at radius 1 is 1.00 bits per heavy atom. The lowest BCUT2D eigenvalue weighted by Crippen LogP contribution is -2.13. The standard InChI is InChI=1S/C21H20ClNO3/c22-17-6-10-19(11-7-17)26-15-14-23-18(9-13-21(24)25)8-12-20(23)16-4-2-1-3-5-16/h1-8,10-12H,9,13-15H2,(H,24,25). The third-order valence-electron chi connectivity index (χ3n) is 4.13. The molecule has 0 unspecified atom stereocenters. The molecule has 0 radical (unpaired) electrons. The van der Waals surface area contributed by atoms with Gasteiger partial charge in [0.2, 0.25) is 0 Å². The third kappa shape index (κ3) is 4.67. The van der Waals surface area contributed by atoms with Crippen molar-refractivity contribution >= 4 is 17.6 Å². The van der Waals surface area contributed by atoms with Crippen LogP contribution in [0.15, 0.2) is 66.7 Å². The molecule has 0 aliphatic rings. The van der Waals surface area contributed by atoms with Crippen molar-refractivity contribution in [3.8, 4) is 17.0 Å². The number of nitrogens with zero attached hydrogens (tertiary/aromatic N) is 1. The average molecular weight is 370 g/mol. The van der Waals surface area contributed by atoms with E-state index in [2.05, 4.69) is 4.57 Å². The van der Waals surface area contributed by atoms with Gasteiger partial charge in [-0.05, 0) is 48.4 Å². The van der Waals surface area contributed by atoms with Crippen LogP contribution in [-0.2, 0) is 17.8 Å². The third-order valence-corrected chi connectivity index (χ3v) is 4.38. The van der Waals surface area contributed by atoms with Crippen molar-refractivity contribution in [3.63, 3.8) is 0 Å². The predicted octanol–water partition coefficient (Wildman–Crippen LogP) is 4.90. The number of halogens is 1. The van der Waals surface area contributed by atoms with E-state index in [1.54, 1.807) is 12.1 Å². The zero-order valence-corrected chi connectivity index (χ0v) is 15.0. The second-order valence-electron chi connectivity index (χ2n) is 5.92. The molecule has 2 aromatic carbocycles. The lowest BCUT2D eigenvalue weighted by Gasteiger charge is -2.14. The van der Waals surface area contributed by atoms with Crippen LogP contribution in [0.3, 0.4) is 0 Å². The number of aliphatic carboxylic acids is 1. The lowest BCUT2D eigenvalue weighted by molar-refractivity contribution is -0.136. The van der Waals surface area contributed by atoms with Crippen molar-refractivity contribution in [2.24, 2.45) is 0 Å². The summed E-state index contributed by atoms with van der Waals surface area (Å²) in [6, 6.07) is 21.3. The van der Waals surface area contributed by atoms with Crippen LogP contribution in [-0.4, -0.2) is 22.2 Å². The van der Waals surface area contributed by atoms with E-state index in [9.17, 15) is 4.79 Å². The van der Waals surface area contributed by atoms with Gasteiger partial charge in [-0.25, -0.2) is 0 Å². The number of benzene rings is 2. The van der Waals surface area contributed by atoms with Gasteiger partial charge in [0.15, 0.2) is 0 Å². The number of carboxylic acids is 1. The maximum Gasteiger partial charge on any atom is 0.303 e. The summed E-state index contributed by atoms with van der Waals surface area (Å²) in [5.74, 6) is -0.0358. The van der Waals surface area contributed by atoms with Gasteiger partial charge in [0.1, 0.15) is 12.4 Å². The number of aromatic nitrogens is 1. The van der Waals surface area contributed by atoms with Crippen LogP contribution in [0.1, 0.15) is 12.1 Å². The number of ether oxygens (including phenoxy) is 1. The molecule has 0 saturated carbocycles. The molecule has 0 atom stereocenters. The molecule has 5 heteroatoms. The van der Waals surface area contributed by atoms with Gasteiger partial charge < -0.3 is 14.4 Å². The van der Waals surface area contributed by atoms with Crippen LogP contribution in [0.4, 0.5) is 0 Å². The normalized spacial score (nSPS) is 10.7. The highest BCUT2D eigenvalue weighted by molar-refractivity contribution is 6.30. The van der Waals surface area contributed by atoms with Crippen molar-refractivity contribution in [2.45, 2.75) is 19.4 Å². The van der Waals surface area contributed by atoms with E-state index in [1.807, 2.05) is 54.6 Å². The van der Waals surface area contributed by atoms with Crippen molar-refractivity contribution in [1.29, 1.82) is 0 Å². The van der Waals surface area contributed by atoms with Crippen LogP contribution < -0.4 is 4.74 Å². The zero-order chi connectivity index (χ0) is 18.4. The summed E-state index contributed by atoms with van der Waals surface area (Å²) in [5, 5.41) is 9.66. The van der Waals surface area contributed by atoms with E-state index in [0.29, 0.717) is 24.6 Å². The Bertz CT molecular complexity index is 857. The van der Waals surface area contributed by atoms with Crippen LogP contribution in [0, 0.1) is 0 Å². The molecule has 0 saturated heterocycles. The second kappa shape index (κ2) is 8.59. The van der Waals surface area contributed by atoms with Gasteiger partial charge >= 0.3 is 5.97 Å². The van der Waals surface area contributed by atoms with Crippen LogP contribution >= 0.6 is 11.6 Å². The maximum absolute atomic E-state index is 10.9. The summed E-state index contributed by atoms with van der Waals surface area (Å²) in [5.41, 5.74) is 3.15. The fraction of sp³-hybridized carbons (Fsp3) is 0.190. The zero-order valence-electron chi connectivity index (χ0n) is 14.3. The molecule has 0 aliphatic heterocycles. The summed E-state index contributed by atoms with van der Waals surface area (Å²) in [6.45, 7) is 1.12. The largest absolute Gasteiger partial charge is 0.492 e. The molecule has 3 rings (SSSR count). The minimum absolute atomic E-state index is 0.107. The van der Waals surface area contributed by atoms with Gasteiger partial charge in [-0.1, -0.05) is 41.9 Å². The summed E-state index contributed by atoms with van der Waals surface area (Å²) in [7, 11) is 0. The predicted molar refractivity (Wildman–Crippen MR) is 103 cm³/mol. The Balaban J connectivity index is 1.76. The van der Waals surface area contributed by atoms with Gasteiger partial charge in [0.25, 0.3) is 0 Å². The molecule has 0 amide bonds. The smallest absolute Gasteiger partial charge is 0.303 e. The Kier molecular flexibility index (Phi) is 5.97. The molecule has 1 heterocycles. The molecule has 0 spiro atoms. The highest BCUT2D eigenvalue weighted by atomic mass is 35.5. The van der Waals surface area contributed by atoms with E-state index in [4.69, 9.17) is 21.4 Å². The number of hydrogen-bond acceptors (Lipinski definition) is 2. The quantitative estimate of drug-likeness (QED) is 0.614. The van der Waals surface area contributed by atoms with Gasteiger partial charge in [0.05, 0.1) is 13.0 Å².